The van der Waals surface area contributed by atoms with Gasteiger partial charge in [-0.25, -0.2) is 4.79 Å². The van der Waals surface area contributed by atoms with E-state index in [2.05, 4.69) is 10.1 Å². The van der Waals surface area contributed by atoms with Gasteiger partial charge in [0, 0.05) is 12.0 Å². The smallest absolute Gasteiger partial charge is 0.468 e. The lowest BCUT2D eigenvalue weighted by Crippen LogP contribution is -2.20. The fraction of sp³-hybridized carbons (Fsp3) is 0.286. The second kappa shape index (κ2) is 4.88. The van der Waals surface area contributed by atoms with Crippen molar-refractivity contribution in [3.05, 3.63) is 47.5 Å². The lowest BCUT2D eigenvalue weighted by atomic mass is 10.1. The topological polar surface area (TPSA) is 84.9 Å². The molecule has 1 heterocycles. The number of Topliss-reactive ketones (excluding diaryl/α,β-unsaturated/α-hetero) is 1. The molecule has 104 valence electrons. The highest BCUT2D eigenvalue weighted by Crippen LogP contribution is 2.41. The van der Waals surface area contributed by atoms with Gasteiger partial charge in [0.2, 0.25) is 17.4 Å². The van der Waals surface area contributed by atoms with Crippen molar-refractivity contribution in [2.75, 3.05) is 6.61 Å². The number of nitrogens with one attached hydrogen (secondary N) is 1. The van der Waals surface area contributed by atoms with Gasteiger partial charge in [-0.05, 0) is 12.0 Å². The summed E-state index contributed by atoms with van der Waals surface area (Å²) in [6.07, 6.45) is -0.612. The molecule has 0 bridgehead atoms. The van der Waals surface area contributed by atoms with Crippen LogP contribution in [0, 0.1) is 0 Å². The first-order valence-corrected chi connectivity index (χ1v) is 6.27. The quantitative estimate of drug-likeness (QED) is 0.812. The van der Waals surface area contributed by atoms with E-state index in [0.717, 1.165) is 6.42 Å². The lowest BCUT2D eigenvalue weighted by molar-refractivity contribution is -0.118. The third-order valence-corrected chi connectivity index (χ3v) is 3.33. The number of ether oxygens (including phenoxy) is 2. The van der Waals surface area contributed by atoms with Gasteiger partial charge < -0.3 is 19.9 Å². The number of carbonyl (C=O) groups is 2. The lowest BCUT2D eigenvalue weighted by Gasteiger charge is -2.07. The van der Waals surface area contributed by atoms with Crippen molar-refractivity contribution in [3.63, 3.8) is 0 Å². The highest BCUT2D eigenvalue weighted by molar-refractivity contribution is 5.98. The normalized spacial score (nSPS) is 24.3. The molecule has 0 saturated heterocycles. The summed E-state index contributed by atoms with van der Waals surface area (Å²) in [5, 5.41) is 11.6. The van der Waals surface area contributed by atoms with Gasteiger partial charge in [0.05, 0.1) is 0 Å². The minimum Gasteiger partial charge on any atom is -0.468 e. The number of ketones is 1. The summed E-state index contributed by atoms with van der Waals surface area (Å²) in [4.78, 5) is 22.0. The standard InChI is InChI=1S/C14H13NO5/c16-11-7-19-13(12(11)20-14(17)18)15-10-6-9(10)8-4-2-1-3-5-8/h1-5,9-10,15H,6-7H2,(H,17,18)/t9-,10+/m0/s1. The van der Waals surface area contributed by atoms with E-state index in [4.69, 9.17) is 9.84 Å². The molecule has 3 rings (SSSR count). The molecule has 1 aliphatic heterocycles. The fourth-order valence-electron chi connectivity index (χ4n) is 2.28. The average Bonchev–Trinajstić information content (AvgIpc) is 3.13. The van der Waals surface area contributed by atoms with Crippen molar-refractivity contribution in [3.8, 4) is 0 Å². The van der Waals surface area contributed by atoms with Gasteiger partial charge in [0.15, 0.2) is 6.61 Å². The van der Waals surface area contributed by atoms with Gasteiger partial charge >= 0.3 is 6.16 Å². The summed E-state index contributed by atoms with van der Waals surface area (Å²) in [7, 11) is 0. The molecule has 2 N–H and O–H groups in total. The Balaban J connectivity index is 1.68. The van der Waals surface area contributed by atoms with E-state index in [1.165, 1.54) is 5.56 Å². The molecule has 2 aliphatic rings. The predicted octanol–water partition coefficient (Wildman–Crippen LogP) is 1.60. The molecule has 0 radical (unpaired) electrons. The van der Waals surface area contributed by atoms with E-state index in [0.29, 0.717) is 5.92 Å². The van der Waals surface area contributed by atoms with Crippen LogP contribution in [0.15, 0.2) is 42.0 Å². The van der Waals surface area contributed by atoms with E-state index in [1.54, 1.807) is 0 Å². The molecule has 1 aliphatic carbocycles. The number of hydrogen-bond donors (Lipinski definition) is 2. The van der Waals surface area contributed by atoms with Crippen LogP contribution < -0.4 is 5.32 Å². The molecule has 2 atom stereocenters. The first kappa shape index (κ1) is 12.5. The number of carbonyl (C=O) groups excluding carboxylic acids is 1. The van der Waals surface area contributed by atoms with E-state index in [9.17, 15) is 9.59 Å². The second-order valence-electron chi connectivity index (χ2n) is 4.74. The Hall–Kier alpha value is -2.50. The Kier molecular flexibility index (Phi) is 3.06. The Morgan fingerprint density at radius 1 is 1.35 bits per heavy atom. The molecule has 1 aromatic rings. The summed E-state index contributed by atoms with van der Waals surface area (Å²) >= 11 is 0. The molecule has 1 aromatic carbocycles. The molecule has 0 aromatic heterocycles. The maximum atomic E-state index is 11.5. The van der Waals surface area contributed by atoms with E-state index in [-0.39, 0.29) is 24.3 Å². The summed E-state index contributed by atoms with van der Waals surface area (Å²) in [6, 6.07) is 10.1. The van der Waals surface area contributed by atoms with Crippen molar-refractivity contribution in [1.29, 1.82) is 0 Å². The van der Waals surface area contributed by atoms with Crippen LogP contribution in [0.4, 0.5) is 4.79 Å². The van der Waals surface area contributed by atoms with Crippen LogP contribution >= 0.6 is 0 Å². The van der Waals surface area contributed by atoms with Gasteiger partial charge in [-0.1, -0.05) is 30.3 Å². The molecule has 1 fully saturated rings. The molecular weight excluding hydrogens is 262 g/mol. The molecule has 1 saturated carbocycles. The summed E-state index contributed by atoms with van der Waals surface area (Å²) in [6.45, 7) is -0.187. The van der Waals surface area contributed by atoms with Crippen LogP contribution in [0.3, 0.4) is 0 Å². The number of carboxylic acid groups (broad SMARTS) is 1. The van der Waals surface area contributed by atoms with Crippen molar-refractivity contribution >= 4 is 11.9 Å². The van der Waals surface area contributed by atoms with Crippen LogP contribution in [0.2, 0.25) is 0 Å². The maximum absolute atomic E-state index is 11.5. The van der Waals surface area contributed by atoms with Crippen LogP contribution in [-0.2, 0) is 14.3 Å². The van der Waals surface area contributed by atoms with Gasteiger partial charge in [-0.3, -0.25) is 4.79 Å². The molecule has 0 amide bonds. The first-order valence-electron chi connectivity index (χ1n) is 6.27. The van der Waals surface area contributed by atoms with Crippen LogP contribution in [-0.4, -0.2) is 29.7 Å². The second-order valence-corrected chi connectivity index (χ2v) is 4.74. The van der Waals surface area contributed by atoms with Crippen LogP contribution in [0.1, 0.15) is 17.9 Å². The third kappa shape index (κ3) is 2.45. The first-order chi connectivity index (χ1) is 9.65. The van der Waals surface area contributed by atoms with Crippen molar-refractivity contribution < 1.29 is 24.2 Å². The van der Waals surface area contributed by atoms with Gasteiger partial charge in [0.1, 0.15) is 0 Å². The molecule has 6 nitrogen and oxygen atoms in total. The van der Waals surface area contributed by atoms with Crippen molar-refractivity contribution in [1.82, 2.24) is 5.32 Å². The fourth-order valence-corrected chi connectivity index (χ4v) is 2.28. The van der Waals surface area contributed by atoms with E-state index in [1.807, 2.05) is 30.3 Å². The third-order valence-electron chi connectivity index (χ3n) is 3.33. The number of hydrogen-bond acceptors (Lipinski definition) is 5. The zero-order valence-corrected chi connectivity index (χ0v) is 10.5. The van der Waals surface area contributed by atoms with E-state index < -0.39 is 11.9 Å². The highest BCUT2D eigenvalue weighted by Gasteiger charge is 2.41. The Morgan fingerprint density at radius 2 is 2.10 bits per heavy atom. The summed E-state index contributed by atoms with van der Waals surface area (Å²) in [5.74, 6) is -0.252. The predicted molar refractivity (Wildman–Crippen MR) is 67.8 cm³/mol. The molecule has 0 spiro atoms. The monoisotopic (exact) mass is 275 g/mol. The molecule has 20 heavy (non-hydrogen) atoms. The SMILES string of the molecule is O=C(O)OC1=C(N[C@@H]2C[C@H]2c2ccccc2)OCC1=O. The minimum atomic E-state index is -1.52. The highest BCUT2D eigenvalue weighted by atomic mass is 16.7. The molecular formula is C14H13NO5. The van der Waals surface area contributed by atoms with Crippen molar-refractivity contribution in [2.45, 2.75) is 18.4 Å². The number of benzene rings is 1. The van der Waals surface area contributed by atoms with E-state index >= 15 is 0 Å². The zero-order chi connectivity index (χ0) is 14.1. The van der Waals surface area contributed by atoms with Crippen LogP contribution in [0.25, 0.3) is 0 Å². The largest absolute Gasteiger partial charge is 0.511 e. The Labute approximate surface area is 115 Å². The maximum Gasteiger partial charge on any atom is 0.511 e. The average molecular weight is 275 g/mol. The summed E-state index contributed by atoms with van der Waals surface area (Å²) < 4.78 is 9.61. The Bertz CT molecular complexity index is 580. The Morgan fingerprint density at radius 3 is 2.80 bits per heavy atom. The van der Waals surface area contributed by atoms with Crippen molar-refractivity contribution in [2.24, 2.45) is 0 Å². The van der Waals surface area contributed by atoms with Crippen LogP contribution in [0.5, 0.6) is 0 Å². The van der Waals surface area contributed by atoms with Gasteiger partial charge in [0.25, 0.3) is 0 Å². The minimum absolute atomic E-state index is 0.126. The molecule has 6 heteroatoms. The molecule has 0 unspecified atom stereocenters. The van der Waals surface area contributed by atoms with Gasteiger partial charge in [-0.2, -0.15) is 0 Å². The van der Waals surface area contributed by atoms with Gasteiger partial charge in [-0.15, -0.1) is 0 Å². The summed E-state index contributed by atoms with van der Waals surface area (Å²) in [5.41, 5.74) is 1.20. The number of rotatable bonds is 4. The zero-order valence-electron chi connectivity index (χ0n) is 10.5.